The maximum absolute atomic E-state index is 13.4. The van der Waals surface area contributed by atoms with Crippen LogP contribution in [0.5, 0.6) is 0 Å². The number of hydrogen-bond donors (Lipinski definition) is 1. The Morgan fingerprint density at radius 1 is 1.07 bits per heavy atom. The van der Waals surface area contributed by atoms with Crippen molar-refractivity contribution in [3.63, 3.8) is 0 Å². The molecule has 0 radical (unpaired) electrons. The molecule has 0 unspecified atom stereocenters. The molecule has 1 fully saturated rings. The first kappa shape index (κ1) is 22.0. The van der Waals surface area contributed by atoms with Gasteiger partial charge in [-0.15, -0.1) is 0 Å². The van der Waals surface area contributed by atoms with Crippen LogP contribution in [-0.4, -0.2) is 31.8 Å². The smallest absolute Gasteiger partial charge is 0.498 e. The molecular formula is C23H24FNNaO3+. The number of nitrogens with one attached hydrogen (secondary N) is 1. The quantitative estimate of drug-likeness (QED) is 0.781. The van der Waals surface area contributed by atoms with Gasteiger partial charge in [-0.1, -0.05) is 24.3 Å². The Labute approximate surface area is 192 Å². The third-order valence-electron chi connectivity index (χ3n) is 5.87. The van der Waals surface area contributed by atoms with Gasteiger partial charge in [0.1, 0.15) is 17.1 Å². The van der Waals surface area contributed by atoms with Crippen molar-refractivity contribution in [3.8, 4) is 11.1 Å². The van der Waals surface area contributed by atoms with E-state index in [1.807, 2.05) is 26.0 Å². The molecule has 0 bridgehead atoms. The summed E-state index contributed by atoms with van der Waals surface area (Å²) in [4.78, 5) is 13.1. The van der Waals surface area contributed by atoms with Crippen LogP contribution in [0.15, 0.2) is 42.2 Å². The van der Waals surface area contributed by atoms with E-state index in [1.165, 1.54) is 12.1 Å². The summed E-state index contributed by atoms with van der Waals surface area (Å²) in [6.45, 7) is 5.19. The molecule has 4 rings (SSSR count). The average molecular weight is 404 g/mol. The number of methoxy groups -OCH3 is 1. The number of hydrogen-bond acceptors (Lipinski definition) is 3. The minimum absolute atomic E-state index is 0. The average Bonchev–Trinajstić information content (AvgIpc) is 2.94. The van der Waals surface area contributed by atoms with E-state index < -0.39 is 5.54 Å². The summed E-state index contributed by atoms with van der Waals surface area (Å²) in [5, 5.41) is 3.17. The molecule has 4 nitrogen and oxygen atoms in total. The van der Waals surface area contributed by atoms with E-state index in [0.717, 1.165) is 27.8 Å². The van der Waals surface area contributed by atoms with Gasteiger partial charge >= 0.3 is 29.6 Å². The van der Waals surface area contributed by atoms with E-state index in [2.05, 4.69) is 5.32 Å². The largest absolute Gasteiger partial charge is 1.00 e. The van der Waals surface area contributed by atoms with E-state index in [4.69, 9.17) is 9.47 Å². The van der Waals surface area contributed by atoms with Crippen LogP contribution in [0.2, 0.25) is 0 Å². The summed E-state index contributed by atoms with van der Waals surface area (Å²) in [6, 6.07) is 10.4. The van der Waals surface area contributed by atoms with Crippen LogP contribution in [0.4, 0.5) is 4.39 Å². The Bertz CT molecular complexity index is 963. The molecule has 0 aliphatic carbocycles. The summed E-state index contributed by atoms with van der Waals surface area (Å²) < 4.78 is 24.7. The Kier molecular flexibility index (Phi) is 6.54. The minimum Gasteiger partial charge on any atom is -0.498 e. The number of carbonyl (C=O) groups is 1. The normalized spacial score (nSPS) is 17.9. The van der Waals surface area contributed by atoms with Crippen LogP contribution in [0.1, 0.15) is 29.5 Å². The number of carbonyl (C=O) groups excluding carboxylic acids is 1. The number of amides is 1. The third kappa shape index (κ3) is 3.77. The van der Waals surface area contributed by atoms with Gasteiger partial charge in [0, 0.05) is 26.1 Å². The van der Waals surface area contributed by atoms with Crippen molar-refractivity contribution in [2.75, 3.05) is 20.3 Å². The first-order valence-corrected chi connectivity index (χ1v) is 9.52. The zero-order valence-electron chi connectivity index (χ0n) is 17.4. The molecule has 2 aliphatic rings. The van der Waals surface area contributed by atoms with Gasteiger partial charge < -0.3 is 14.8 Å². The zero-order valence-corrected chi connectivity index (χ0v) is 19.4. The van der Waals surface area contributed by atoms with Gasteiger partial charge in [0.05, 0.1) is 12.7 Å². The first-order valence-electron chi connectivity index (χ1n) is 9.52. The van der Waals surface area contributed by atoms with Gasteiger partial charge in [0.15, 0.2) is 0 Å². The standard InChI is InChI=1S/C23H24FNO3.Na/c1-14-4-9-18(16-5-7-17(24)8-6-16)15(2)19(14)20-21(27-3)23(25-22(20)26)10-12-28-13-11-23;/h4-9H,10-13H2,1-3H3,(H,25,26);/q;+1. The molecule has 0 saturated carbocycles. The number of halogens is 1. The Hall–Kier alpha value is -1.66. The van der Waals surface area contributed by atoms with Gasteiger partial charge in [-0.3, -0.25) is 4.79 Å². The zero-order chi connectivity index (χ0) is 19.9. The van der Waals surface area contributed by atoms with Crippen LogP contribution >= 0.6 is 0 Å². The molecule has 1 saturated heterocycles. The van der Waals surface area contributed by atoms with E-state index in [1.54, 1.807) is 19.2 Å². The maximum Gasteiger partial charge on any atom is 1.00 e. The predicted molar refractivity (Wildman–Crippen MR) is 106 cm³/mol. The summed E-state index contributed by atoms with van der Waals surface area (Å²) in [5.74, 6) is 0.319. The van der Waals surface area contributed by atoms with Crippen molar-refractivity contribution in [2.24, 2.45) is 0 Å². The number of rotatable bonds is 3. The molecule has 0 aromatic heterocycles. The fraction of sp³-hybridized carbons (Fsp3) is 0.348. The van der Waals surface area contributed by atoms with Crippen LogP contribution in [0, 0.1) is 19.7 Å². The van der Waals surface area contributed by atoms with Gasteiger partial charge in [-0.25, -0.2) is 4.39 Å². The summed E-state index contributed by atoms with van der Waals surface area (Å²) in [6.07, 6.45) is 1.39. The van der Waals surface area contributed by atoms with E-state index in [9.17, 15) is 9.18 Å². The molecule has 6 heteroatoms. The molecule has 2 aliphatic heterocycles. The van der Waals surface area contributed by atoms with Gasteiger partial charge in [0.2, 0.25) is 0 Å². The second kappa shape index (κ2) is 8.60. The summed E-state index contributed by atoms with van der Waals surface area (Å²) >= 11 is 0. The molecular weight excluding hydrogens is 380 g/mol. The molecule has 1 N–H and O–H groups in total. The number of aryl methyl sites for hydroxylation is 1. The van der Waals surface area contributed by atoms with Crippen LogP contribution in [0.25, 0.3) is 16.7 Å². The fourth-order valence-electron chi connectivity index (χ4n) is 4.45. The molecule has 146 valence electrons. The SMILES string of the molecule is COC1=C(c2c(C)ccc(-c3ccc(F)cc3)c2C)C(=O)NC12CCOCC2.[Na+]. The molecule has 0 atom stereocenters. The second-order valence-corrected chi connectivity index (χ2v) is 7.49. The van der Waals surface area contributed by atoms with E-state index in [0.29, 0.717) is 37.4 Å². The van der Waals surface area contributed by atoms with Crippen LogP contribution in [-0.2, 0) is 14.3 Å². The van der Waals surface area contributed by atoms with Crippen LogP contribution in [0.3, 0.4) is 0 Å². The molecule has 1 spiro atoms. The summed E-state index contributed by atoms with van der Waals surface area (Å²) in [7, 11) is 1.63. The van der Waals surface area contributed by atoms with Crippen molar-refractivity contribution in [1.29, 1.82) is 0 Å². The summed E-state index contributed by atoms with van der Waals surface area (Å²) in [5.41, 5.74) is 4.87. The van der Waals surface area contributed by atoms with Gasteiger partial charge in [-0.05, 0) is 53.8 Å². The second-order valence-electron chi connectivity index (χ2n) is 7.49. The van der Waals surface area contributed by atoms with Crippen molar-refractivity contribution < 1.29 is 48.2 Å². The minimum atomic E-state index is -0.496. The Balaban J connectivity index is 0.00000240. The predicted octanol–water partition coefficient (Wildman–Crippen LogP) is 1.15. The Morgan fingerprint density at radius 3 is 2.34 bits per heavy atom. The van der Waals surface area contributed by atoms with Crippen molar-refractivity contribution in [3.05, 3.63) is 64.7 Å². The number of benzene rings is 2. The van der Waals surface area contributed by atoms with Crippen molar-refractivity contribution >= 4 is 11.5 Å². The molecule has 2 heterocycles. The molecule has 2 aromatic carbocycles. The maximum atomic E-state index is 13.4. The third-order valence-corrected chi connectivity index (χ3v) is 5.87. The molecule has 1 amide bonds. The van der Waals surface area contributed by atoms with Crippen LogP contribution < -0.4 is 34.9 Å². The van der Waals surface area contributed by atoms with E-state index in [-0.39, 0.29) is 41.3 Å². The van der Waals surface area contributed by atoms with Gasteiger partial charge in [0.25, 0.3) is 5.91 Å². The topological polar surface area (TPSA) is 47.6 Å². The Morgan fingerprint density at radius 2 is 1.72 bits per heavy atom. The molecule has 29 heavy (non-hydrogen) atoms. The van der Waals surface area contributed by atoms with E-state index >= 15 is 0 Å². The van der Waals surface area contributed by atoms with Crippen molar-refractivity contribution in [2.45, 2.75) is 32.2 Å². The van der Waals surface area contributed by atoms with Crippen molar-refractivity contribution in [1.82, 2.24) is 5.32 Å². The monoisotopic (exact) mass is 404 g/mol. The fourth-order valence-corrected chi connectivity index (χ4v) is 4.45. The number of ether oxygens (including phenoxy) is 2. The first-order chi connectivity index (χ1) is 13.5. The molecule has 2 aromatic rings. The van der Waals surface area contributed by atoms with Gasteiger partial charge in [-0.2, -0.15) is 0 Å².